The highest BCUT2D eigenvalue weighted by molar-refractivity contribution is 6.30. The number of nitrogens with zero attached hydrogens (tertiary/aromatic N) is 1. The third-order valence-electron chi connectivity index (χ3n) is 4.40. The zero-order chi connectivity index (χ0) is 15.9. The topological polar surface area (TPSA) is 40.5 Å². The van der Waals surface area contributed by atoms with Crippen LogP contribution in [-0.4, -0.2) is 22.7 Å². The molecule has 4 heteroatoms. The maximum Gasteiger partial charge on any atom is 0.326 e. The minimum absolute atomic E-state index is 0.0266. The zero-order valence-corrected chi connectivity index (χ0v) is 14.1. The molecule has 0 fully saturated rings. The van der Waals surface area contributed by atoms with E-state index in [9.17, 15) is 9.90 Å². The number of halogens is 1. The summed E-state index contributed by atoms with van der Waals surface area (Å²) >= 11 is 6.13. The Labute approximate surface area is 131 Å². The van der Waals surface area contributed by atoms with Crippen molar-refractivity contribution in [3.8, 4) is 0 Å². The van der Waals surface area contributed by atoms with Gasteiger partial charge in [0.05, 0.1) is 0 Å². The van der Waals surface area contributed by atoms with Gasteiger partial charge in [0.1, 0.15) is 6.04 Å². The fourth-order valence-electron chi connectivity index (χ4n) is 3.64. The molecule has 0 saturated carbocycles. The van der Waals surface area contributed by atoms with Crippen molar-refractivity contribution < 1.29 is 9.90 Å². The van der Waals surface area contributed by atoms with Gasteiger partial charge in [-0.1, -0.05) is 32.4 Å². The lowest BCUT2D eigenvalue weighted by Crippen LogP contribution is -2.58. The Morgan fingerprint density at radius 1 is 1.43 bits per heavy atom. The Kier molecular flexibility index (Phi) is 4.25. The van der Waals surface area contributed by atoms with Crippen LogP contribution >= 0.6 is 11.6 Å². The first-order valence-electron chi connectivity index (χ1n) is 7.46. The van der Waals surface area contributed by atoms with Gasteiger partial charge in [-0.05, 0) is 55.9 Å². The number of carboxylic acid groups (broad SMARTS) is 1. The van der Waals surface area contributed by atoms with Crippen molar-refractivity contribution in [2.24, 2.45) is 5.92 Å². The van der Waals surface area contributed by atoms with Crippen LogP contribution in [0.4, 0.5) is 5.69 Å². The maximum absolute atomic E-state index is 11.8. The lowest BCUT2D eigenvalue weighted by Gasteiger charge is -2.51. The van der Waals surface area contributed by atoms with Crippen LogP contribution in [0.1, 0.15) is 52.5 Å². The van der Waals surface area contributed by atoms with Crippen LogP contribution in [0.3, 0.4) is 0 Å². The fraction of sp³-hybridized carbons (Fsp3) is 0.588. The number of hydrogen-bond acceptors (Lipinski definition) is 2. The Morgan fingerprint density at radius 2 is 2.05 bits per heavy atom. The lowest BCUT2D eigenvalue weighted by molar-refractivity contribution is -0.140. The minimum Gasteiger partial charge on any atom is -0.480 e. The Balaban J connectivity index is 2.62. The average molecular weight is 310 g/mol. The summed E-state index contributed by atoms with van der Waals surface area (Å²) in [7, 11) is 0. The number of benzene rings is 1. The molecule has 0 aromatic heterocycles. The van der Waals surface area contributed by atoms with E-state index in [4.69, 9.17) is 11.6 Å². The van der Waals surface area contributed by atoms with Crippen molar-refractivity contribution >= 4 is 23.3 Å². The third-order valence-corrected chi connectivity index (χ3v) is 4.64. The van der Waals surface area contributed by atoms with E-state index >= 15 is 0 Å². The van der Waals surface area contributed by atoms with Crippen molar-refractivity contribution in [1.82, 2.24) is 0 Å². The van der Waals surface area contributed by atoms with Crippen LogP contribution in [-0.2, 0) is 4.79 Å². The van der Waals surface area contributed by atoms with Gasteiger partial charge in [-0.15, -0.1) is 0 Å². The summed E-state index contributed by atoms with van der Waals surface area (Å²) in [6.07, 6.45) is 0.914. The summed E-state index contributed by atoms with van der Waals surface area (Å²) in [6, 6.07) is 5.25. The standard InChI is InChI=1S/C17H24ClNO2/c1-10(2)15(16(20)21)19-14-7-6-12(18)8-13(14)11(3)9-17(19,4)5/h6-8,10-11,15H,9H2,1-5H3,(H,20,21). The van der Waals surface area contributed by atoms with E-state index in [1.54, 1.807) is 0 Å². The SMILES string of the molecule is CC1CC(C)(C)N(C(C(=O)O)C(C)C)c2ccc(Cl)cc21. The molecule has 2 rings (SSSR count). The van der Waals surface area contributed by atoms with Crippen LogP contribution in [0.5, 0.6) is 0 Å². The highest BCUT2D eigenvalue weighted by Gasteiger charge is 2.43. The molecule has 1 aliphatic rings. The van der Waals surface area contributed by atoms with Gasteiger partial charge in [-0.2, -0.15) is 0 Å². The van der Waals surface area contributed by atoms with E-state index in [2.05, 4.69) is 25.7 Å². The number of aliphatic carboxylic acids is 1. The van der Waals surface area contributed by atoms with Crippen LogP contribution in [0, 0.1) is 5.92 Å². The molecule has 1 heterocycles. The van der Waals surface area contributed by atoms with Crippen LogP contribution in [0.2, 0.25) is 5.02 Å². The molecule has 0 saturated heterocycles. The van der Waals surface area contributed by atoms with Gasteiger partial charge >= 0.3 is 5.97 Å². The van der Waals surface area contributed by atoms with Crippen molar-refractivity contribution in [3.63, 3.8) is 0 Å². The molecular weight excluding hydrogens is 286 g/mol. The molecule has 0 bridgehead atoms. The minimum atomic E-state index is -0.770. The van der Waals surface area contributed by atoms with Gasteiger partial charge in [0.2, 0.25) is 0 Å². The van der Waals surface area contributed by atoms with Gasteiger partial charge in [0, 0.05) is 16.2 Å². The number of carbonyl (C=O) groups is 1. The Hall–Kier alpha value is -1.22. The van der Waals surface area contributed by atoms with E-state index in [0.717, 1.165) is 17.7 Å². The summed E-state index contributed by atoms with van der Waals surface area (Å²) in [4.78, 5) is 13.9. The highest BCUT2D eigenvalue weighted by atomic mass is 35.5. The molecule has 1 N–H and O–H groups in total. The Bertz CT molecular complexity index is 554. The average Bonchev–Trinajstić information content (AvgIpc) is 2.33. The van der Waals surface area contributed by atoms with Crippen LogP contribution in [0.25, 0.3) is 0 Å². The maximum atomic E-state index is 11.8. The summed E-state index contributed by atoms with van der Waals surface area (Å²) in [5.74, 6) is -0.376. The second kappa shape index (κ2) is 5.53. The van der Waals surface area contributed by atoms with Crippen molar-refractivity contribution in [2.45, 2.75) is 58.5 Å². The summed E-state index contributed by atoms with van der Waals surface area (Å²) in [6.45, 7) is 10.4. The van der Waals surface area contributed by atoms with Crippen LogP contribution < -0.4 is 4.90 Å². The van der Waals surface area contributed by atoms with Gasteiger partial charge in [0.25, 0.3) is 0 Å². The van der Waals surface area contributed by atoms with E-state index in [0.29, 0.717) is 10.9 Å². The summed E-state index contributed by atoms with van der Waals surface area (Å²) in [5.41, 5.74) is 1.95. The smallest absolute Gasteiger partial charge is 0.326 e. The number of rotatable bonds is 3. The molecular formula is C17H24ClNO2. The summed E-state index contributed by atoms with van der Waals surface area (Å²) < 4.78 is 0. The molecule has 2 unspecified atom stereocenters. The number of anilines is 1. The van der Waals surface area contributed by atoms with Crippen molar-refractivity contribution in [1.29, 1.82) is 0 Å². The van der Waals surface area contributed by atoms with Crippen molar-refractivity contribution in [2.75, 3.05) is 4.90 Å². The predicted octanol–water partition coefficient (Wildman–Crippen LogP) is 4.54. The molecule has 0 aliphatic carbocycles. The van der Waals surface area contributed by atoms with E-state index in [1.807, 2.05) is 32.0 Å². The first kappa shape index (κ1) is 16.2. The lowest BCUT2D eigenvalue weighted by atomic mass is 9.78. The third kappa shape index (κ3) is 2.89. The zero-order valence-electron chi connectivity index (χ0n) is 13.4. The molecule has 116 valence electrons. The first-order chi connectivity index (χ1) is 9.65. The van der Waals surface area contributed by atoms with E-state index in [1.165, 1.54) is 0 Å². The molecule has 1 aliphatic heterocycles. The normalized spacial score (nSPS) is 22.0. The van der Waals surface area contributed by atoms with Crippen LogP contribution in [0.15, 0.2) is 18.2 Å². The summed E-state index contributed by atoms with van der Waals surface area (Å²) in [5, 5.41) is 10.4. The molecule has 0 spiro atoms. The quantitative estimate of drug-likeness (QED) is 0.891. The Morgan fingerprint density at radius 3 is 2.57 bits per heavy atom. The van der Waals surface area contributed by atoms with E-state index in [-0.39, 0.29) is 11.5 Å². The monoisotopic (exact) mass is 309 g/mol. The number of carboxylic acids is 1. The molecule has 0 radical (unpaired) electrons. The van der Waals surface area contributed by atoms with Gasteiger partial charge in [-0.3, -0.25) is 0 Å². The number of fused-ring (bicyclic) bond motifs is 1. The fourth-order valence-corrected chi connectivity index (χ4v) is 3.82. The molecule has 21 heavy (non-hydrogen) atoms. The second-order valence-electron chi connectivity index (χ2n) is 7.02. The molecule has 0 amide bonds. The van der Waals surface area contributed by atoms with E-state index < -0.39 is 12.0 Å². The number of hydrogen-bond donors (Lipinski definition) is 1. The highest BCUT2D eigenvalue weighted by Crippen LogP contribution is 2.46. The molecule has 2 atom stereocenters. The van der Waals surface area contributed by atoms with Gasteiger partial charge in [0.15, 0.2) is 0 Å². The first-order valence-corrected chi connectivity index (χ1v) is 7.84. The molecule has 1 aromatic carbocycles. The predicted molar refractivity (Wildman–Crippen MR) is 87.3 cm³/mol. The largest absolute Gasteiger partial charge is 0.480 e. The molecule has 1 aromatic rings. The molecule has 3 nitrogen and oxygen atoms in total. The van der Waals surface area contributed by atoms with Gasteiger partial charge in [-0.25, -0.2) is 4.79 Å². The van der Waals surface area contributed by atoms with Gasteiger partial charge < -0.3 is 10.0 Å². The second-order valence-corrected chi connectivity index (χ2v) is 7.45. The van der Waals surface area contributed by atoms with Crippen molar-refractivity contribution in [3.05, 3.63) is 28.8 Å².